The molecule has 3 N–H and O–H groups in total. The lowest BCUT2D eigenvalue weighted by molar-refractivity contribution is 0.397. The van der Waals surface area contributed by atoms with Crippen molar-refractivity contribution in [3.63, 3.8) is 0 Å². The standard InChI is InChI=1S/C12H14ClN3O3S2/c1-19-12-8(6-14)4-9(13)5-10(12)21(17,18)16-7-11-15-2-3-20-11/h2-5,16H,6-7,14H2,1H3. The number of nitrogens with one attached hydrogen (secondary N) is 1. The van der Waals surface area contributed by atoms with E-state index in [2.05, 4.69) is 9.71 Å². The first-order valence-electron chi connectivity index (χ1n) is 5.92. The number of benzene rings is 1. The minimum absolute atomic E-state index is 0.0329. The van der Waals surface area contributed by atoms with Crippen LogP contribution in [-0.4, -0.2) is 20.5 Å². The molecule has 0 aliphatic carbocycles. The monoisotopic (exact) mass is 347 g/mol. The Hall–Kier alpha value is -1.19. The van der Waals surface area contributed by atoms with Crippen molar-refractivity contribution < 1.29 is 13.2 Å². The predicted molar refractivity (Wildman–Crippen MR) is 82.0 cm³/mol. The second-order valence-corrected chi connectivity index (χ2v) is 7.20. The molecule has 0 saturated heterocycles. The maximum absolute atomic E-state index is 12.4. The number of hydrogen-bond acceptors (Lipinski definition) is 6. The molecule has 0 aliphatic heterocycles. The smallest absolute Gasteiger partial charge is 0.244 e. The summed E-state index contributed by atoms with van der Waals surface area (Å²) in [5.74, 6) is 0.202. The molecule has 0 fully saturated rings. The van der Waals surface area contributed by atoms with E-state index < -0.39 is 10.0 Å². The third kappa shape index (κ3) is 3.72. The van der Waals surface area contributed by atoms with Crippen LogP contribution in [0.3, 0.4) is 0 Å². The Kier molecular flexibility index (Phi) is 5.17. The molecule has 21 heavy (non-hydrogen) atoms. The molecule has 9 heteroatoms. The molecule has 0 spiro atoms. The van der Waals surface area contributed by atoms with Gasteiger partial charge in [0.05, 0.1) is 13.7 Å². The van der Waals surface area contributed by atoms with Gasteiger partial charge in [-0.3, -0.25) is 0 Å². The molecule has 1 heterocycles. The SMILES string of the molecule is COc1c(CN)cc(Cl)cc1S(=O)(=O)NCc1nccs1. The van der Waals surface area contributed by atoms with Crippen LogP contribution < -0.4 is 15.2 Å². The van der Waals surface area contributed by atoms with Gasteiger partial charge in [0.15, 0.2) is 0 Å². The zero-order chi connectivity index (χ0) is 15.5. The summed E-state index contributed by atoms with van der Waals surface area (Å²) in [7, 11) is -2.39. The third-order valence-electron chi connectivity index (χ3n) is 2.71. The fourth-order valence-corrected chi connectivity index (χ4v) is 3.96. The van der Waals surface area contributed by atoms with Gasteiger partial charge in [0.2, 0.25) is 10.0 Å². The molecule has 0 amide bonds. The Labute approximate surface area is 132 Å². The molecular weight excluding hydrogens is 334 g/mol. The van der Waals surface area contributed by atoms with E-state index in [9.17, 15) is 8.42 Å². The van der Waals surface area contributed by atoms with Crippen LogP contribution in [-0.2, 0) is 23.1 Å². The highest BCUT2D eigenvalue weighted by Gasteiger charge is 2.22. The van der Waals surface area contributed by atoms with E-state index in [4.69, 9.17) is 22.1 Å². The average Bonchev–Trinajstić information content (AvgIpc) is 2.97. The van der Waals surface area contributed by atoms with Gasteiger partial charge in [-0.05, 0) is 12.1 Å². The van der Waals surface area contributed by atoms with Gasteiger partial charge >= 0.3 is 0 Å². The van der Waals surface area contributed by atoms with Crippen LogP contribution in [0.2, 0.25) is 5.02 Å². The number of nitrogens with zero attached hydrogens (tertiary/aromatic N) is 1. The average molecular weight is 348 g/mol. The summed E-state index contributed by atoms with van der Waals surface area (Å²) in [6.07, 6.45) is 1.61. The van der Waals surface area contributed by atoms with Crippen molar-refractivity contribution in [2.45, 2.75) is 18.0 Å². The predicted octanol–water partition coefficient (Wildman–Crippen LogP) is 1.74. The summed E-state index contributed by atoms with van der Waals surface area (Å²) >= 11 is 7.31. The molecule has 0 radical (unpaired) electrons. The third-order valence-corrected chi connectivity index (χ3v) is 5.11. The molecule has 1 aromatic carbocycles. The molecule has 2 aromatic rings. The zero-order valence-corrected chi connectivity index (χ0v) is 13.6. The second-order valence-electron chi connectivity index (χ2n) is 4.05. The molecule has 6 nitrogen and oxygen atoms in total. The summed E-state index contributed by atoms with van der Waals surface area (Å²) < 4.78 is 32.5. The molecule has 0 unspecified atom stereocenters. The number of halogens is 1. The highest BCUT2D eigenvalue weighted by molar-refractivity contribution is 7.89. The topological polar surface area (TPSA) is 94.3 Å². The maximum Gasteiger partial charge on any atom is 0.244 e. The van der Waals surface area contributed by atoms with Gasteiger partial charge in [-0.25, -0.2) is 18.1 Å². The fourth-order valence-electron chi connectivity index (χ4n) is 1.78. The number of ether oxygens (including phenoxy) is 1. The number of hydrogen-bond donors (Lipinski definition) is 2. The van der Waals surface area contributed by atoms with Crippen molar-refractivity contribution in [2.24, 2.45) is 5.73 Å². The van der Waals surface area contributed by atoms with E-state index in [0.717, 1.165) is 0 Å². The second kappa shape index (κ2) is 6.71. The van der Waals surface area contributed by atoms with Crippen molar-refractivity contribution in [1.29, 1.82) is 0 Å². The molecule has 0 bridgehead atoms. The van der Waals surface area contributed by atoms with Crippen LogP contribution in [0.25, 0.3) is 0 Å². The minimum atomic E-state index is -3.78. The molecule has 114 valence electrons. The highest BCUT2D eigenvalue weighted by Crippen LogP contribution is 2.31. The normalized spacial score (nSPS) is 11.6. The molecule has 0 saturated carbocycles. The van der Waals surface area contributed by atoms with Gasteiger partial charge in [-0.2, -0.15) is 0 Å². The van der Waals surface area contributed by atoms with Crippen LogP contribution in [0.5, 0.6) is 5.75 Å². The van der Waals surface area contributed by atoms with Crippen molar-refractivity contribution in [1.82, 2.24) is 9.71 Å². The van der Waals surface area contributed by atoms with Gasteiger partial charge < -0.3 is 10.5 Å². The fraction of sp³-hybridized carbons (Fsp3) is 0.250. The van der Waals surface area contributed by atoms with Crippen molar-refractivity contribution in [3.05, 3.63) is 39.3 Å². The molecule has 0 atom stereocenters. The number of rotatable bonds is 6. The van der Waals surface area contributed by atoms with Gasteiger partial charge in [-0.15, -0.1) is 11.3 Å². The van der Waals surface area contributed by atoms with Crippen LogP contribution in [0.15, 0.2) is 28.6 Å². The van der Waals surface area contributed by atoms with Crippen LogP contribution >= 0.6 is 22.9 Å². The minimum Gasteiger partial charge on any atom is -0.495 e. The number of aromatic nitrogens is 1. The largest absolute Gasteiger partial charge is 0.495 e. The van der Waals surface area contributed by atoms with E-state index in [0.29, 0.717) is 10.6 Å². The Bertz CT molecular complexity index is 718. The van der Waals surface area contributed by atoms with E-state index in [-0.39, 0.29) is 28.8 Å². The Morgan fingerprint density at radius 3 is 2.81 bits per heavy atom. The summed E-state index contributed by atoms with van der Waals surface area (Å²) in [5, 5.41) is 2.72. The van der Waals surface area contributed by atoms with Gasteiger partial charge in [0, 0.05) is 28.7 Å². The van der Waals surface area contributed by atoms with Crippen LogP contribution in [0.4, 0.5) is 0 Å². The first-order chi connectivity index (χ1) is 9.97. The summed E-state index contributed by atoms with van der Waals surface area (Å²) in [5.41, 5.74) is 6.12. The lowest BCUT2D eigenvalue weighted by atomic mass is 10.2. The number of methoxy groups -OCH3 is 1. The van der Waals surface area contributed by atoms with E-state index in [1.807, 2.05) is 0 Å². The molecular formula is C12H14ClN3O3S2. The van der Waals surface area contributed by atoms with Crippen molar-refractivity contribution in [3.8, 4) is 5.75 Å². The Morgan fingerprint density at radius 1 is 1.48 bits per heavy atom. The summed E-state index contributed by atoms with van der Waals surface area (Å²) in [4.78, 5) is 3.99. The van der Waals surface area contributed by atoms with Gasteiger partial charge in [0.25, 0.3) is 0 Å². The summed E-state index contributed by atoms with van der Waals surface area (Å²) in [6, 6.07) is 2.92. The van der Waals surface area contributed by atoms with Crippen molar-refractivity contribution in [2.75, 3.05) is 7.11 Å². The van der Waals surface area contributed by atoms with E-state index in [1.54, 1.807) is 17.6 Å². The Balaban J connectivity index is 2.36. The maximum atomic E-state index is 12.4. The zero-order valence-electron chi connectivity index (χ0n) is 11.2. The van der Waals surface area contributed by atoms with Crippen molar-refractivity contribution >= 4 is 33.0 Å². The van der Waals surface area contributed by atoms with Gasteiger partial charge in [-0.1, -0.05) is 11.6 Å². The number of thiazole rings is 1. The molecule has 1 aromatic heterocycles. The lowest BCUT2D eigenvalue weighted by Gasteiger charge is -2.14. The quantitative estimate of drug-likeness (QED) is 0.830. The Morgan fingerprint density at radius 2 is 2.24 bits per heavy atom. The van der Waals surface area contributed by atoms with Crippen LogP contribution in [0, 0.1) is 0 Å². The summed E-state index contributed by atoms with van der Waals surface area (Å²) in [6.45, 7) is 0.229. The van der Waals surface area contributed by atoms with E-state index in [1.165, 1.54) is 24.5 Å². The van der Waals surface area contributed by atoms with Crippen LogP contribution in [0.1, 0.15) is 10.6 Å². The number of sulfonamides is 1. The van der Waals surface area contributed by atoms with E-state index >= 15 is 0 Å². The molecule has 0 aliphatic rings. The van der Waals surface area contributed by atoms with Gasteiger partial charge in [0.1, 0.15) is 15.7 Å². The number of nitrogens with two attached hydrogens (primary N) is 1. The first kappa shape index (κ1) is 16.2. The highest BCUT2D eigenvalue weighted by atomic mass is 35.5. The molecule has 2 rings (SSSR count). The lowest BCUT2D eigenvalue weighted by Crippen LogP contribution is -2.24. The first-order valence-corrected chi connectivity index (χ1v) is 8.66.